The highest BCUT2D eigenvalue weighted by atomic mass is 35.5. The highest BCUT2D eigenvalue weighted by Gasteiger charge is 2.22. The molecule has 102 valence electrons. The standard InChI is InChI=1S/C15H18N2O.ClH/c1-2-12-7-9-17(10-8-12)15(18)14-5-3-13(11-16)4-6-14;/h1,3-6,12H,7-11,16H2;1H. The maximum absolute atomic E-state index is 12.2. The Bertz CT molecular complexity index is 456. The predicted octanol–water partition coefficient (Wildman–Crippen LogP) is 2.05. The molecular weight excluding hydrogens is 260 g/mol. The van der Waals surface area contributed by atoms with Crippen LogP contribution < -0.4 is 5.73 Å². The Kier molecular flexibility index (Phi) is 5.88. The van der Waals surface area contributed by atoms with Gasteiger partial charge in [0.25, 0.3) is 5.91 Å². The fraction of sp³-hybridized carbons (Fsp3) is 0.400. The monoisotopic (exact) mass is 278 g/mol. The molecule has 1 aromatic rings. The van der Waals surface area contributed by atoms with E-state index in [-0.39, 0.29) is 18.3 Å². The number of halogens is 1. The van der Waals surface area contributed by atoms with Crippen LogP contribution >= 0.6 is 12.4 Å². The molecule has 3 nitrogen and oxygen atoms in total. The van der Waals surface area contributed by atoms with E-state index < -0.39 is 0 Å². The Morgan fingerprint density at radius 3 is 2.37 bits per heavy atom. The van der Waals surface area contributed by atoms with Crippen molar-refractivity contribution in [2.45, 2.75) is 19.4 Å². The van der Waals surface area contributed by atoms with Crippen LogP contribution in [0.5, 0.6) is 0 Å². The maximum atomic E-state index is 12.2. The van der Waals surface area contributed by atoms with Gasteiger partial charge in [-0.25, -0.2) is 0 Å². The van der Waals surface area contributed by atoms with Crippen molar-refractivity contribution in [1.82, 2.24) is 4.90 Å². The molecule has 1 heterocycles. The first-order valence-electron chi connectivity index (χ1n) is 6.29. The van der Waals surface area contributed by atoms with Crippen molar-refractivity contribution in [2.24, 2.45) is 11.7 Å². The molecule has 0 unspecified atom stereocenters. The second-order valence-corrected chi connectivity index (χ2v) is 4.63. The number of piperidine rings is 1. The van der Waals surface area contributed by atoms with Crippen LogP contribution in [0.1, 0.15) is 28.8 Å². The molecule has 0 spiro atoms. The van der Waals surface area contributed by atoms with Gasteiger partial charge in [0.05, 0.1) is 0 Å². The smallest absolute Gasteiger partial charge is 0.253 e. The van der Waals surface area contributed by atoms with Crippen molar-refractivity contribution < 1.29 is 4.79 Å². The second-order valence-electron chi connectivity index (χ2n) is 4.63. The van der Waals surface area contributed by atoms with Crippen LogP contribution in [0.15, 0.2) is 24.3 Å². The number of terminal acetylenes is 1. The highest BCUT2D eigenvalue weighted by molar-refractivity contribution is 5.94. The Hall–Kier alpha value is -1.50. The zero-order chi connectivity index (χ0) is 13.0. The molecule has 1 amide bonds. The molecule has 4 heteroatoms. The van der Waals surface area contributed by atoms with E-state index in [0.29, 0.717) is 12.5 Å². The number of hydrogen-bond donors (Lipinski definition) is 1. The third kappa shape index (κ3) is 3.73. The molecule has 19 heavy (non-hydrogen) atoms. The molecular formula is C15H19ClN2O. The number of carbonyl (C=O) groups excluding carboxylic acids is 1. The van der Waals surface area contributed by atoms with Crippen LogP contribution in [0, 0.1) is 18.3 Å². The summed E-state index contributed by atoms with van der Waals surface area (Å²) in [7, 11) is 0. The normalized spacial score (nSPS) is 15.5. The Labute approximate surface area is 120 Å². The average Bonchev–Trinajstić information content (AvgIpc) is 2.47. The number of nitrogens with zero attached hydrogens (tertiary/aromatic N) is 1. The van der Waals surface area contributed by atoms with Crippen LogP contribution in [0.2, 0.25) is 0 Å². The molecule has 2 N–H and O–H groups in total. The van der Waals surface area contributed by atoms with Crippen LogP contribution in [0.4, 0.5) is 0 Å². The van der Waals surface area contributed by atoms with Crippen molar-refractivity contribution in [1.29, 1.82) is 0 Å². The number of likely N-dealkylation sites (tertiary alicyclic amines) is 1. The summed E-state index contributed by atoms with van der Waals surface area (Å²) in [6.07, 6.45) is 7.21. The lowest BCUT2D eigenvalue weighted by Gasteiger charge is -2.29. The molecule has 2 rings (SSSR count). The van der Waals surface area contributed by atoms with Crippen molar-refractivity contribution in [3.8, 4) is 12.3 Å². The van der Waals surface area contributed by atoms with Crippen LogP contribution in [-0.2, 0) is 6.54 Å². The molecule has 0 atom stereocenters. The number of rotatable bonds is 2. The van der Waals surface area contributed by atoms with Crippen molar-refractivity contribution >= 4 is 18.3 Å². The lowest BCUT2D eigenvalue weighted by molar-refractivity contribution is 0.0708. The molecule has 0 aromatic heterocycles. The summed E-state index contributed by atoms with van der Waals surface area (Å²) in [5.74, 6) is 3.19. The number of amides is 1. The molecule has 1 aliphatic heterocycles. The van der Waals surface area contributed by atoms with E-state index in [1.807, 2.05) is 29.2 Å². The summed E-state index contributed by atoms with van der Waals surface area (Å²) >= 11 is 0. The third-order valence-electron chi connectivity index (χ3n) is 3.45. The average molecular weight is 279 g/mol. The molecule has 1 aliphatic rings. The highest BCUT2D eigenvalue weighted by Crippen LogP contribution is 2.18. The molecule has 0 saturated carbocycles. The number of hydrogen-bond acceptors (Lipinski definition) is 2. The molecule has 1 fully saturated rings. The van der Waals surface area contributed by atoms with E-state index in [1.54, 1.807) is 0 Å². The summed E-state index contributed by atoms with van der Waals surface area (Å²) in [5, 5.41) is 0. The summed E-state index contributed by atoms with van der Waals surface area (Å²) in [6, 6.07) is 7.50. The topological polar surface area (TPSA) is 46.3 Å². The van der Waals surface area contributed by atoms with Gasteiger partial charge in [-0.15, -0.1) is 24.8 Å². The van der Waals surface area contributed by atoms with Gasteiger partial charge in [0, 0.05) is 31.1 Å². The lowest BCUT2D eigenvalue weighted by atomic mass is 9.97. The Balaban J connectivity index is 0.00000180. The van der Waals surface area contributed by atoms with Crippen molar-refractivity contribution in [3.05, 3.63) is 35.4 Å². The van der Waals surface area contributed by atoms with Gasteiger partial charge in [0.15, 0.2) is 0 Å². The SMILES string of the molecule is C#CC1CCN(C(=O)c2ccc(CN)cc2)CC1.Cl. The van der Waals surface area contributed by atoms with E-state index in [0.717, 1.165) is 37.1 Å². The number of carbonyl (C=O) groups is 1. The van der Waals surface area contributed by atoms with Gasteiger partial charge < -0.3 is 10.6 Å². The molecule has 0 radical (unpaired) electrons. The fourth-order valence-electron chi connectivity index (χ4n) is 2.22. The predicted molar refractivity (Wildman–Crippen MR) is 79.0 cm³/mol. The van der Waals surface area contributed by atoms with Gasteiger partial charge in [-0.05, 0) is 30.5 Å². The minimum absolute atomic E-state index is 0. The summed E-state index contributed by atoms with van der Waals surface area (Å²) in [6.45, 7) is 2.01. The van der Waals surface area contributed by atoms with Crippen LogP contribution in [0.3, 0.4) is 0 Å². The van der Waals surface area contributed by atoms with Gasteiger partial charge in [0.1, 0.15) is 0 Å². The lowest BCUT2D eigenvalue weighted by Crippen LogP contribution is -2.38. The molecule has 1 saturated heterocycles. The second kappa shape index (κ2) is 7.18. The Morgan fingerprint density at radius 2 is 1.89 bits per heavy atom. The van der Waals surface area contributed by atoms with Gasteiger partial charge >= 0.3 is 0 Å². The quantitative estimate of drug-likeness (QED) is 0.842. The fourth-order valence-corrected chi connectivity index (χ4v) is 2.22. The van der Waals surface area contributed by atoms with E-state index >= 15 is 0 Å². The maximum Gasteiger partial charge on any atom is 0.253 e. The van der Waals surface area contributed by atoms with Gasteiger partial charge in [-0.1, -0.05) is 12.1 Å². The third-order valence-corrected chi connectivity index (χ3v) is 3.45. The van der Waals surface area contributed by atoms with Crippen LogP contribution in [-0.4, -0.2) is 23.9 Å². The first-order valence-corrected chi connectivity index (χ1v) is 6.29. The molecule has 1 aromatic carbocycles. The van der Waals surface area contributed by atoms with Crippen molar-refractivity contribution in [2.75, 3.05) is 13.1 Å². The van der Waals surface area contributed by atoms with Gasteiger partial charge in [-0.2, -0.15) is 0 Å². The van der Waals surface area contributed by atoms with E-state index in [2.05, 4.69) is 5.92 Å². The zero-order valence-corrected chi connectivity index (χ0v) is 11.7. The Morgan fingerprint density at radius 1 is 1.32 bits per heavy atom. The summed E-state index contributed by atoms with van der Waals surface area (Å²) in [4.78, 5) is 14.1. The van der Waals surface area contributed by atoms with Crippen LogP contribution in [0.25, 0.3) is 0 Å². The van der Waals surface area contributed by atoms with Crippen molar-refractivity contribution in [3.63, 3.8) is 0 Å². The summed E-state index contributed by atoms with van der Waals surface area (Å²) in [5.41, 5.74) is 7.30. The van der Waals surface area contributed by atoms with Gasteiger partial charge in [-0.3, -0.25) is 4.79 Å². The summed E-state index contributed by atoms with van der Waals surface area (Å²) < 4.78 is 0. The van der Waals surface area contributed by atoms with Gasteiger partial charge in [0.2, 0.25) is 0 Å². The minimum atomic E-state index is 0. The zero-order valence-electron chi connectivity index (χ0n) is 10.8. The first kappa shape index (κ1) is 15.6. The molecule has 0 bridgehead atoms. The number of nitrogens with two attached hydrogens (primary N) is 1. The largest absolute Gasteiger partial charge is 0.339 e. The first-order chi connectivity index (χ1) is 8.74. The van der Waals surface area contributed by atoms with E-state index in [1.165, 1.54) is 0 Å². The number of benzene rings is 1. The molecule has 0 aliphatic carbocycles. The van der Waals surface area contributed by atoms with E-state index in [4.69, 9.17) is 12.2 Å². The minimum Gasteiger partial charge on any atom is -0.339 e. The van der Waals surface area contributed by atoms with E-state index in [9.17, 15) is 4.79 Å².